The maximum absolute atomic E-state index is 12.3. The van der Waals surface area contributed by atoms with Crippen LogP contribution < -0.4 is 10.6 Å². The molecule has 0 spiro atoms. The fourth-order valence-corrected chi connectivity index (χ4v) is 3.45. The van der Waals surface area contributed by atoms with E-state index in [4.69, 9.17) is 0 Å². The topological polar surface area (TPSA) is 66.9 Å². The summed E-state index contributed by atoms with van der Waals surface area (Å²) in [6, 6.07) is 8.14. The van der Waals surface area contributed by atoms with E-state index in [2.05, 4.69) is 53.5 Å². The molecule has 2 N–H and O–H groups in total. The van der Waals surface area contributed by atoms with Crippen LogP contribution in [0.4, 0.5) is 11.6 Å². The average molecular weight is 379 g/mol. The first kappa shape index (κ1) is 20.1. The van der Waals surface area contributed by atoms with Crippen LogP contribution in [-0.4, -0.2) is 22.4 Å². The predicted molar refractivity (Wildman–Crippen MR) is 114 cm³/mol. The number of aromatic nitrogens is 2. The van der Waals surface area contributed by atoms with Gasteiger partial charge in [-0.15, -0.1) is 0 Å². The smallest absolute Gasteiger partial charge is 0.254 e. The van der Waals surface area contributed by atoms with Gasteiger partial charge in [0.1, 0.15) is 0 Å². The highest BCUT2D eigenvalue weighted by Gasteiger charge is 2.18. The van der Waals surface area contributed by atoms with E-state index in [9.17, 15) is 4.79 Å². The second-order valence-electron chi connectivity index (χ2n) is 8.33. The molecule has 28 heavy (non-hydrogen) atoms. The Morgan fingerprint density at radius 3 is 2.54 bits per heavy atom. The van der Waals surface area contributed by atoms with Crippen molar-refractivity contribution in [2.24, 2.45) is 0 Å². The third kappa shape index (κ3) is 5.41. The first-order valence-electron chi connectivity index (χ1n) is 10.1. The molecule has 1 heterocycles. The van der Waals surface area contributed by atoms with Crippen molar-refractivity contribution in [3.8, 4) is 0 Å². The minimum Gasteiger partial charge on any atom is -0.352 e. The van der Waals surface area contributed by atoms with Gasteiger partial charge in [0.15, 0.2) is 0 Å². The Bertz CT molecular complexity index is 834. The number of hydrogen-bond donors (Lipinski definition) is 2. The molecule has 5 nitrogen and oxygen atoms in total. The van der Waals surface area contributed by atoms with Gasteiger partial charge in [0, 0.05) is 24.6 Å². The molecule has 0 saturated carbocycles. The van der Waals surface area contributed by atoms with Crippen LogP contribution in [0.2, 0.25) is 0 Å². The molecule has 1 aliphatic carbocycles. The Morgan fingerprint density at radius 2 is 1.86 bits per heavy atom. The van der Waals surface area contributed by atoms with Crippen molar-refractivity contribution in [1.82, 2.24) is 15.3 Å². The SMILES string of the molecule is CC(C)(C)c1ccccc1Nc1ncc(C(=O)NCCC2=CCCCC2)cn1. The number of hydrogen-bond acceptors (Lipinski definition) is 4. The van der Waals surface area contributed by atoms with Gasteiger partial charge in [-0.05, 0) is 49.1 Å². The Balaban J connectivity index is 1.58. The lowest BCUT2D eigenvalue weighted by atomic mass is 9.86. The third-order valence-corrected chi connectivity index (χ3v) is 5.01. The largest absolute Gasteiger partial charge is 0.352 e. The Kier molecular flexibility index (Phi) is 6.45. The number of benzene rings is 1. The van der Waals surface area contributed by atoms with Gasteiger partial charge >= 0.3 is 0 Å². The lowest BCUT2D eigenvalue weighted by Gasteiger charge is -2.22. The van der Waals surface area contributed by atoms with E-state index in [1.54, 1.807) is 12.4 Å². The fraction of sp³-hybridized carbons (Fsp3) is 0.435. The van der Waals surface area contributed by atoms with Crippen LogP contribution in [0.25, 0.3) is 0 Å². The molecule has 1 amide bonds. The van der Waals surface area contributed by atoms with Gasteiger partial charge in [-0.1, -0.05) is 50.6 Å². The Hall–Kier alpha value is -2.69. The molecule has 1 aromatic heterocycles. The standard InChI is InChI=1S/C23H30N4O/c1-23(2,3)19-11-7-8-12-20(19)27-22-25-15-18(16-26-22)21(28)24-14-13-17-9-5-4-6-10-17/h7-9,11-12,15-16H,4-6,10,13-14H2,1-3H3,(H,24,28)(H,25,26,27). The van der Waals surface area contributed by atoms with Crippen molar-refractivity contribution in [3.05, 3.63) is 59.4 Å². The maximum atomic E-state index is 12.3. The molecular weight excluding hydrogens is 348 g/mol. The summed E-state index contributed by atoms with van der Waals surface area (Å²) in [5.41, 5.74) is 4.12. The van der Waals surface area contributed by atoms with Gasteiger partial charge in [-0.3, -0.25) is 4.79 Å². The van der Waals surface area contributed by atoms with E-state index in [1.807, 2.05) is 18.2 Å². The molecule has 0 aliphatic heterocycles. The number of carbonyl (C=O) groups excluding carboxylic acids is 1. The zero-order chi connectivity index (χ0) is 20.0. The van der Waals surface area contributed by atoms with Crippen LogP contribution >= 0.6 is 0 Å². The molecule has 2 aromatic rings. The van der Waals surface area contributed by atoms with Crippen molar-refractivity contribution >= 4 is 17.5 Å². The number of nitrogens with zero attached hydrogens (tertiary/aromatic N) is 2. The summed E-state index contributed by atoms with van der Waals surface area (Å²) in [6.45, 7) is 7.17. The van der Waals surface area contributed by atoms with Crippen LogP contribution in [0.15, 0.2) is 48.3 Å². The molecular formula is C23H30N4O. The maximum Gasteiger partial charge on any atom is 0.254 e. The van der Waals surface area contributed by atoms with E-state index in [1.165, 1.54) is 30.4 Å². The molecule has 5 heteroatoms. The van der Waals surface area contributed by atoms with E-state index in [0.29, 0.717) is 18.1 Å². The van der Waals surface area contributed by atoms with Crippen LogP contribution in [0, 0.1) is 0 Å². The van der Waals surface area contributed by atoms with Crippen molar-refractivity contribution < 1.29 is 4.79 Å². The number of nitrogens with one attached hydrogen (secondary N) is 2. The summed E-state index contributed by atoms with van der Waals surface area (Å²) in [6.07, 6.45) is 11.3. The molecule has 0 bridgehead atoms. The van der Waals surface area contributed by atoms with E-state index in [0.717, 1.165) is 18.5 Å². The van der Waals surface area contributed by atoms with Gasteiger partial charge in [0.05, 0.1) is 5.56 Å². The molecule has 0 fully saturated rings. The second-order valence-corrected chi connectivity index (χ2v) is 8.33. The fourth-order valence-electron chi connectivity index (χ4n) is 3.45. The Morgan fingerprint density at radius 1 is 1.11 bits per heavy atom. The predicted octanol–water partition coefficient (Wildman–Crippen LogP) is 5.14. The quantitative estimate of drug-likeness (QED) is 0.683. The van der Waals surface area contributed by atoms with Gasteiger partial charge in [0.25, 0.3) is 5.91 Å². The van der Waals surface area contributed by atoms with Gasteiger partial charge < -0.3 is 10.6 Å². The number of carbonyl (C=O) groups is 1. The number of para-hydroxylation sites is 1. The lowest BCUT2D eigenvalue weighted by molar-refractivity contribution is 0.0953. The molecule has 0 unspecified atom stereocenters. The third-order valence-electron chi connectivity index (χ3n) is 5.01. The van der Waals surface area contributed by atoms with Gasteiger partial charge in [-0.25, -0.2) is 9.97 Å². The second kappa shape index (κ2) is 9.00. The molecule has 0 saturated heterocycles. The summed E-state index contributed by atoms with van der Waals surface area (Å²) in [5, 5.41) is 6.23. The average Bonchev–Trinajstić information content (AvgIpc) is 2.69. The summed E-state index contributed by atoms with van der Waals surface area (Å²) >= 11 is 0. The minimum atomic E-state index is -0.127. The highest BCUT2D eigenvalue weighted by molar-refractivity contribution is 5.93. The molecule has 1 aromatic carbocycles. The zero-order valence-electron chi connectivity index (χ0n) is 17.1. The van der Waals surface area contributed by atoms with Gasteiger partial charge in [-0.2, -0.15) is 0 Å². The molecule has 1 aliphatic rings. The van der Waals surface area contributed by atoms with Crippen LogP contribution in [0.3, 0.4) is 0 Å². The van der Waals surface area contributed by atoms with Crippen LogP contribution in [0.5, 0.6) is 0 Å². The summed E-state index contributed by atoms with van der Waals surface area (Å²) in [4.78, 5) is 21.0. The van der Waals surface area contributed by atoms with Crippen LogP contribution in [-0.2, 0) is 5.41 Å². The first-order valence-corrected chi connectivity index (χ1v) is 10.1. The molecule has 0 atom stereocenters. The normalized spacial score (nSPS) is 14.3. The number of allylic oxidation sites excluding steroid dienone is 1. The van der Waals surface area contributed by atoms with Crippen molar-refractivity contribution in [2.75, 3.05) is 11.9 Å². The highest BCUT2D eigenvalue weighted by Crippen LogP contribution is 2.30. The number of anilines is 2. The van der Waals surface area contributed by atoms with Crippen LogP contribution in [0.1, 0.15) is 68.8 Å². The van der Waals surface area contributed by atoms with E-state index < -0.39 is 0 Å². The summed E-state index contributed by atoms with van der Waals surface area (Å²) in [5.74, 6) is 0.360. The van der Waals surface area contributed by atoms with Crippen molar-refractivity contribution in [2.45, 2.75) is 58.3 Å². The zero-order valence-corrected chi connectivity index (χ0v) is 17.1. The Labute approximate surface area is 167 Å². The summed E-state index contributed by atoms with van der Waals surface area (Å²) in [7, 11) is 0. The summed E-state index contributed by atoms with van der Waals surface area (Å²) < 4.78 is 0. The lowest BCUT2D eigenvalue weighted by Crippen LogP contribution is -2.25. The highest BCUT2D eigenvalue weighted by atomic mass is 16.1. The molecule has 0 radical (unpaired) electrons. The number of rotatable bonds is 6. The van der Waals surface area contributed by atoms with Crippen molar-refractivity contribution in [3.63, 3.8) is 0 Å². The molecule has 3 rings (SSSR count). The first-order chi connectivity index (χ1) is 13.4. The van der Waals surface area contributed by atoms with Gasteiger partial charge in [0.2, 0.25) is 5.95 Å². The number of amides is 1. The molecule has 148 valence electrons. The minimum absolute atomic E-state index is 0.0111. The van der Waals surface area contributed by atoms with Crippen molar-refractivity contribution in [1.29, 1.82) is 0 Å². The van der Waals surface area contributed by atoms with E-state index in [-0.39, 0.29) is 11.3 Å². The van der Waals surface area contributed by atoms with E-state index >= 15 is 0 Å². The monoisotopic (exact) mass is 378 g/mol.